The summed E-state index contributed by atoms with van der Waals surface area (Å²) in [5.41, 5.74) is 5.31. The maximum atomic E-state index is 14.3. The third-order valence-corrected chi connectivity index (χ3v) is 17.9. The van der Waals surface area contributed by atoms with E-state index in [1.54, 1.807) is 0 Å². The van der Waals surface area contributed by atoms with Crippen LogP contribution in [0.25, 0.3) is 0 Å². The third kappa shape index (κ3) is 6.84. The van der Waals surface area contributed by atoms with E-state index in [1.807, 2.05) is 0 Å². The second-order valence-corrected chi connectivity index (χ2v) is 21.9. The molecular formula is C44H66N2O6S. The number of nitrogens with one attached hydrogen (secondary N) is 1. The third-order valence-electron chi connectivity index (χ3n) is 16.2. The van der Waals surface area contributed by atoms with Gasteiger partial charge in [-0.25, -0.2) is 8.42 Å². The molecule has 53 heavy (non-hydrogen) atoms. The summed E-state index contributed by atoms with van der Waals surface area (Å²) in [6.07, 6.45) is 15.5. The predicted octanol–water partition coefficient (Wildman–Crippen LogP) is 7.26. The molecule has 1 aliphatic heterocycles. The number of carbonyl (C=O) groups excluding carboxylic acids is 2. The molecule has 0 radical (unpaired) electrons. The van der Waals surface area contributed by atoms with Gasteiger partial charge in [0.25, 0.3) is 0 Å². The minimum absolute atomic E-state index is 0.00525. The van der Waals surface area contributed by atoms with Gasteiger partial charge in [0.05, 0.1) is 11.2 Å². The number of hydrogen-bond acceptors (Lipinski definition) is 6. The Labute approximate surface area is 319 Å². The van der Waals surface area contributed by atoms with Crippen LogP contribution in [0.3, 0.4) is 0 Å². The van der Waals surface area contributed by atoms with Crippen LogP contribution >= 0.6 is 0 Å². The Kier molecular flexibility index (Phi) is 10.6. The van der Waals surface area contributed by atoms with Gasteiger partial charge in [-0.15, -0.1) is 0 Å². The molecule has 0 bridgehead atoms. The molecule has 4 fully saturated rings. The highest BCUT2D eigenvalue weighted by Gasteiger charge is 2.63. The summed E-state index contributed by atoms with van der Waals surface area (Å²) < 4.78 is 24.1. The van der Waals surface area contributed by atoms with Crippen LogP contribution in [0.4, 0.5) is 0 Å². The minimum Gasteiger partial charge on any atom is -0.481 e. The summed E-state index contributed by atoms with van der Waals surface area (Å²) in [5.74, 6) is 2.22. The monoisotopic (exact) mass is 750 g/mol. The normalized spacial score (nSPS) is 39.0. The minimum atomic E-state index is -3.02. The van der Waals surface area contributed by atoms with Crippen LogP contribution in [0.5, 0.6) is 0 Å². The number of fused-ring (bicyclic) bond motifs is 7. The molecule has 0 aromatic rings. The lowest BCUT2D eigenvalue weighted by atomic mass is 9.40. The molecule has 1 heterocycles. The van der Waals surface area contributed by atoms with E-state index in [1.165, 1.54) is 29.4 Å². The number of hydrogen-bond donors (Lipinski definition) is 2. The predicted molar refractivity (Wildman–Crippen MR) is 209 cm³/mol. The van der Waals surface area contributed by atoms with Crippen LogP contribution < -0.4 is 5.32 Å². The van der Waals surface area contributed by atoms with Crippen molar-refractivity contribution >= 4 is 27.5 Å². The summed E-state index contributed by atoms with van der Waals surface area (Å²) in [7, 11) is -3.02. The van der Waals surface area contributed by atoms with E-state index in [-0.39, 0.29) is 51.4 Å². The van der Waals surface area contributed by atoms with Crippen molar-refractivity contribution in [3.05, 3.63) is 34.4 Å². The molecule has 6 aliphatic carbocycles. The smallest absolute Gasteiger partial charge is 0.306 e. The molecule has 3 unspecified atom stereocenters. The first kappa shape index (κ1) is 39.0. The van der Waals surface area contributed by atoms with E-state index >= 15 is 0 Å². The van der Waals surface area contributed by atoms with Crippen molar-refractivity contribution in [2.45, 2.75) is 117 Å². The van der Waals surface area contributed by atoms with Gasteiger partial charge in [0.15, 0.2) is 5.78 Å². The molecule has 10 atom stereocenters. The van der Waals surface area contributed by atoms with Gasteiger partial charge in [-0.2, -0.15) is 0 Å². The number of piperidine rings is 1. The fourth-order valence-electron chi connectivity index (χ4n) is 13.6. The van der Waals surface area contributed by atoms with Crippen molar-refractivity contribution in [3.8, 4) is 0 Å². The molecule has 0 aromatic heterocycles. The Bertz CT molecular complexity index is 1700. The number of sulfone groups is 1. The second kappa shape index (κ2) is 14.4. The maximum Gasteiger partial charge on any atom is 0.306 e. The number of carboxylic acid groups (broad SMARTS) is 1. The van der Waals surface area contributed by atoms with E-state index in [2.05, 4.69) is 63.9 Å². The first-order valence-electron chi connectivity index (χ1n) is 21.0. The Balaban J connectivity index is 1.12. The van der Waals surface area contributed by atoms with Crippen LogP contribution in [0.2, 0.25) is 0 Å². The van der Waals surface area contributed by atoms with Crippen molar-refractivity contribution in [1.82, 2.24) is 10.2 Å². The Hall–Kier alpha value is -2.26. The van der Waals surface area contributed by atoms with Gasteiger partial charge in [0, 0.05) is 31.7 Å². The van der Waals surface area contributed by atoms with Gasteiger partial charge in [0.2, 0.25) is 5.91 Å². The first-order chi connectivity index (χ1) is 24.9. The largest absolute Gasteiger partial charge is 0.481 e. The number of carboxylic acids is 1. The molecule has 8 nitrogen and oxygen atoms in total. The lowest BCUT2D eigenvalue weighted by molar-refractivity contribution is -0.142. The molecule has 0 spiro atoms. The van der Waals surface area contributed by atoms with Crippen molar-refractivity contribution in [1.29, 1.82) is 0 Å². The van der Waals surface area contributed by atoms with Gasteiger partial charge in [0.1, 0.15) is 9.84 Å². The highest BCUT2D eigenvalue weighted by atomic mass is 32.2. The fourth-order valence-corrected chi connectivity index (χ4v) is 14.7. The summed E-state index contributed by atoms with van der Waals surface area (Å²) in [6, 6.07) is 0. The van der Waals surface area contributed by atoms with Gasteiger partial charge >= 0.3 is 5.97 Å². The molecule has 1 amide bonds. The van der Waals surface area contributed by atoms with Crippen LogP contribution in [0.1, 0.15) is 112 Å². The molecule has 7 aliphatic rings. The molecule has 9 heteroatoms. The summed E-state index contributed by atoms with van der Waals surface area (Å²) >= 11 is 0. The summed E-state index contributed by atoms with van der Waals surface area (Å²) in [4.78, 5) is 42.0. The highest BCUT2D eigenvalue weighted by molar-refractivity contribution is 7.91. The summed E-state index contributed by atoms with van der Waals surface area (Å²) in [6.45, 7) is 16.9. The van der Waals surface area contributed by atoms with Crippen LogP contribution in [0.15, 0.2) is 34.4 Å². The number of aliphatic carboxylic acids is 1. The second-order valence-electron chi connectivity index (χ2n) is 19.6. The van der Waals surface area contributed by atoms with Crippen LogP contribution in [-0.2, 0) is 24.2 Å². The van der Waals surface area contributed by atoms with Crippen molar-refractivity contribution in [2.75, 3.05) is 32.4 Å². The van der Waals surface area contributed by atoms with E-state index in [0.29, 0.717) is 74.3 Å². The van der Waals surface area contributed by atoms with Crippen molar-refractivity contribution in [3.63, 3.8) is 0 Å². The van der Waals surface area contributed by atoms with E-state index in [9.17, 15) is 27.9 Å². The Morgan fingerprint density at radius 1 is 1.00 bits per heavy atom. The SMILES string of the molecule is CC(C)C1=C2C(CC1=O)[C@@H](C(=O)NCCN1CCC(S(C)(=O)=O)CC1)C[C@@H]1[C@@H]2CC[C@@H]2C3[C@H](C)C=C(C4=CCC(C(=O)O)CC4)C(C)(C)[C@@H]3CC[C@]21C. The van der Waals surface area contributed by atoms with Gasteiger partial charge < -0.3 is 15.3 Å². The number of nitrogens with zero attached hydrogens (tertiary/aromatic N) is 1. The number of Topliss-reactive ketones (excluding diaryl/α,β-unsaturated/α-hetero) is 1. The fraction of sp³-hybridized carbons (Fsp3) is 0.795. The number of amides is 1. The maximum absolute atomic E-state index is 14.3. The number of likely N-dealkylation sites (tertiary alicyclic amines) is 1. The van der Waals surface area contributed by atoms with Gasteiger partial charge in [-0.1, -0.05) is 59.3 Å². The van der Waals surface area contributed by atoms with Crippen molar-refractivity contribution < 1.29 is 27.9 Å². The molecule has 294 valence electrons. The number of carbonyl (C=O) groups is 3. The van der Waals surface area contributed by atoms with Crippen molar-refractivity contribution in [2.24, 2.45) is 70.0 Å². The quantitative estimate of drug-likeness (QED) is 0.268. The number of ketones is 1. The zero-order valence-electron chi connectivity index (χ0n) is 33.5. The van der Waals surface area contributed by atoms with Gasteiger partial charge in [-0.3, -0.25) is 14.4 Å². The molecule has 0 aromatic carbocycles. The molecule has 1 saturated heterocycles. The molecule has 7 rings (SSSR count). The standard InChI is InChI=1S/C44H66N2O6S/c1-25(2)38-37(47)24-31-32(41(48)45-18-21-46-19-15-29(16-20-46)53(7,51)52)23-36-30(40(31)38)12-13-34-39-26(3)22-35(27-8-10-28(11-9-27)42(49)50)43(4,5)33(39)14-17-44(34,36)6/h8,22,25-26,28-34,36,39H,9-21,23-24H2,1-7H3,(H,45,48)(H,49,50)/t26-,28?,30+,31?,32+,33-,34-,36-,39?,44-/m1/s1. The molecular weight excluding hydrogens is 685 g/mol. The summed E-state index contributed by atoms with van der Waals surface area (Å²) in [5, 5.41) is 12.7. The number of allylic oxidation sites excluding steroid dienone is 6. The van der Waals surface area contributed by atoms with E-state index in [4.69, 9.17) is 0 Å². The zero-order chi connectivity index (χ0) is 38.2. The zero-order valence-corrected chi connectivity index (χ0v) is 34.3. The highest BCUT2D eigenvalue weighted by Crippen LogP contribution is 2.69. The average Bonchev–Trinajstić information content (AvgIpc) is 3.46. The Morgan fingerprint density at radius 3 is 2.34 bits per heavy atom. The Morgan fingerprint density at radius 2 is 1.72 bits per heavy atom. The van der Waals surface area contributed by atoms with E-state index < -0.39 is 15.8 Å². The van der Waals surface area contributed by atoms with E-state index in [0.717, 1.165) is 57.2 Å². The molecule has 2 N–H and O–H groups in total. The number of rotatable bonds is 8. The van der Waals surface area contributed by atoms with Gasteiger partial charge in [-0.05, 0) is 152 Å². The lowest BCUT2D eigenvalue weighted by Crippen LogP contribution is -2.58. The van der Waals surface area contributed by atoms with Crippen LogP contribution in [0, 0.1) is 70.0 Å². The average molecular weight is 751 g/mol. The molecule has 3 saturated carbocycles. The topological polar surface area (TPSA) is 121 Å². The lowest BCUT2D eigenvalue weighted by Gasteiger charge is -2.65. The van der Waals surface area contributed by atoms with Crippen LogP contribution in [-0.4, -0.2) is 73.8 Å². The first-order valence-corrected chi connectivity index (χ1v) is 23.0.